The number of rotatable bonds is 3. The summed E-state index contributed by atoms with van der Waals surface area (Å²) in [6, 6.07) is 13.2. The van der Waals surface area contributed by atoms with Crippen LogP contribution in [0.15, 0.2) is 42.5 Å². The van der Waals surface area contributed by atoms with E-state index >= 15 is 0 Å². The summed E-state index contributed by atoms with van der Waals surface area (Å²) in [6.45, 7) is 4.01. The van der Waals surface area contributed by atoms with Crippen molar-refractivity contribution in [1.82, 2.24) is 0 Å². The quantitative estimate of drug-likeness (QED) is 0.659. The Morgan fingerprint density at radius 2 is 1.83 bits per heavy atom. The maximum absolute atomic E-state index is 12.3. The Labute approximate surface area is 107 Å². The van der Waals surface area contributed by atoms with Crippen molar-refractivity contribution in [3.63, 3.8) is 0 Å². The van der Waals surface area contributed by atoms with Crippen LogP contribution in [0.1, 0.15) is 34.0 Å². The van der Waals surface area contributed by atoms with Crippen molar-refractivity contribution < 1.29 is 4.79 Å². The van der Waals surface area contributed by atoms with Gasteiger partial charge in [-0.2, -0.15) is 0 Å². The molecule has 2 N–H and O–H groups in total. The molecule has 0 aliphatic rings. The van der Waals surface area contributed by atoms with Crippen LogP contribution in [0.25, 0.3) is 0 Å². The lowest BCUT2D eigenvalue weighted by atomic mass is 9.99. The van der Waals surface area contributed by atoms with Gasteiger partial charge in [-0.3, -0.25) is 4.79 Å². The van der Waals surface area contributed by atoms with Gasteiger partial charge in [0.15, 0.2) is 5.78 Å². The van der Waals surface area contributed by atoms with E-state index in [-0.39, 0.29) is 5.78 Å². The zero-order valence-corrected chi connectivity index (χ0v) is 10.7. The molecule has 0 atom stereocenters. The Kier molecular flexibility index (Phi) is 3.47. The van der Waals surface area contributed by atoms with Crippen molar-refractivity contribution in [2.45, 2.75) is 20.3 Å². The summed E-state index contributed by atoms with van der Waals surface area (Å²) in [6.07, 6.45) is 0.928. The second kappa shape index (κ2) is 5.05. The van der Waals surface area contributed by atoms with Crippen LogP contribution in [0.4, 0.5) is 5.69 Å². The molecule has 0 spiro atoms. The van der Waals surface area contributed by atoms with Crippen LogP contribution in [0, 0.1) is 6.92 Å². The zero-order valence-electron chi connectivity index (χ0n) is 10.7. The third-order valence-electron chi connectivity index (χ3n) is 3.14. The molecule has 2 aromatic carbocycles. The van der Waals surface area contributed by atoms with Gasteiger partial charge < -0.3 is 5.73 Å². The molecule has 0 saturated heterocycles. The molecule has 0 unspecified atom stereocenters. The fourth-order valence-corrected chi connectivity index (χ4v) is 1.88. The zero-order chi connectivity index (χ0) is 13.1. The highest BCUT2D eigenvalue weighted by atomic mass is 16.1. The lowest BCUT2D eigenvalue weighted by Crippen LogP contribution is -2.03. The summed E-state index contributed by atoms with van der Waals surface area (Å²) in [5, 5.41) is 0. The lowest BCUT2D eigenvalue weighted by molar-refractivity contribution is 0.103. The Bertz CT molecular complexity index is 587. The van der Waals surface area contributed by atoms with E-state index in [2.05, 4.69) is 6.92 Å². The number of carbonyl (C=O) groups is 1. The van der Waals surface area contributed by atoms with Gasteiger partial charge in [0.25, 0.3) is 0 Å². The summed E-state index contributed by atoms with van der Waals surface area (Å²) < 4.78 is 0. The lowest BCUT2D eigenvalue weighted by Gasteiger charge is -2.06. The van der Waals surface area contributed by atoms with Crippen LogP contribution in [0.2, 0.25) is 0 Å². The fraction of sp³-hybridized carbons (Fsp3) is 0.188. The molecule has 0 fully saturated rings. The molecule has 2 heteroatoms. The Morgan fingerprint density at radius 3 is 2.50 bits per heavy atom. The summed E-state index contributed by atoms with van der Waals surface area (Å²) in [7, 11) is 0. The highest BCUT2D eigenvalue weighted by Crippen LogP contribution is 2.17. The van der Waals surface area contributed by atoms with Crippen LogP contribution >= 0.6 is 0 Å². The minimum absolute atomic E-state index is 0.0250. The van der Waals surface area contributed by atoms with Gasteiger partial charge in [-0.15, -0.1) is 0 Å². The topological polar surface area (TPSA) is 43.1 Å². The number of benzene rings is 2. The summed E-state index contributed by atoms with van der Waals surface area (Å²) in [5.41, 5.74) is 10.0. The number of nitrogen functional groups attached to an aromatic ring is 1. The largest absolute Gasteiger partial charge is 0.398 e. The molecule has 0 amide bonds. The Balaban J connectivity index is 2.38. The first-order valence-corrected chi connectivity index (χ1v) is 6.11. The number of ketones is 1. The fourth-order valence-electron chi connectivity index (χ4n) is 1.88. The van der Waals surface area contributed by atoms with Crippen molar-refractivity contribution in [3.05, 3.63) is 64.7 Å². The molecule has 2 nitrogen and oxygen atoms in total. The van der Waals surface area contributed by atoms with E-state index in [1.165, 1.54) is 5.56 Å². The minimum atomic E-state index is 0.0250. The second-order valence-corrected chi connectivity index (χ2v) is 4.45. The number of carbonyl (C=O) groups excluding carboxylic acids is 1. The van der Waals surface area contributed by atoms with E-state index in [4.69, 9.17) is 5.73 Å². The van der Waals surface area contributed by atoms with Crippen molar-refractivity contribution in [3.8, 4) is 0 Å². The van der Waals surface area contributed by atoms with Crippen LogP contribution in [0.3, 0.4) is 0 Å². The predicted molar refractivity (Wildman–Crippen MR) is 74.8 cm³/mol. The number of nitrogens with two attached hydrogens (primary N) is 1. The van der Waals surface area contributed by atoms with Crippen LogP contribution in [0.5, 0.6) is 0 Å². The Hall–Kier alpha value is -2.09. The van der Waals surface area contributed by atoms with Crippen molar-refractivity contribution in [2.24, 2.45) is 0 Å². The molecule has 0 bridgehead atoms. The van der Waals surface area contributed by atoms with E-state index in [1.54, 1.807) is 6.07 Å². The Morgan fingerprint density at radius 1 is 1.11 bits per heavy atom. The van der Waals surface area contributed by atoms with E-state index in [0.717, 1.165) is 17.5 Å². The van der Waals surface area contributed by atoms with E-state index < -0.39 is 0 Å². The molecule has 0 heterocycles. The molecule has 0 aromatic heterocycles. The van der Waals surface area contributed by atoms with Crippen molar-refractivity contribution >= 4 is 11.5 Å². The standard InChI is InChI=1S/C16H17NO/c1-3-12-5-4-6-13(9-12)16(18)14-8-7-11(2)15(17)10-14/h4-10H,3,17H2,1-2H3. The first-order chi connectivity index (χ1) is 8.61. The van der Waals surface area contributed by atoms with Gasteiger partial charge in [0.1, 0.15) is 0 Å². The second-order valence-electron chi connectivity index (χ2n) is 4.45. The molecule has 2 rings (SSSR count). The van der Waals surface area contributed by atoms with Gasteiger partial charge in [0.05, 0.1) is 0 Å². The predicted octanol–water partition coefficient (Wildman–Crippen LogP) is 3.37. The third kappa shape index (κ3) is 2.43. The number of aryl methyl sites for hydroxylation is 2. The molecular formula is C16H17NO. The van der Waals surface area contributed by atoms with Crippen LogP contribution in [-0.4, -0.2) is 5.78 Å². The van der Waals surface area contributed by atoms with Gasteiger partial charge in [-0.25, -0.2) is 0 Å². The number of hydrogen-bond acceptors (Lipinski definition) is 2. The van der Waals surface area contributed by atoms with Crippen LogP contribution in [-0.2, 0) is 6.42 Å². The molecule has 0 saturated carbocycles. The molecule has 0 aliphatic heterocycles. The maximum Gasteiger partial charge on any atom is 0.193 e. The average molecular weight is 239 g/mol. The molecular weight excluding hydrogens is 222 g/mol. The summed E-state index contributed by atoms with van der Waals surface area (Å²) >= 11 is 0. The van der Waals surface area contributed by atoms with E-state index in [9.17, 15) is 4.79 Å². The molecule has 18 heavy (non-hydrogen) atoms. The smallest absolute Gasteiger partial charge is 0.193 e. The highest BCUT2D eigenvalue weighted by molar-refractivity contribution is 6.09. The third-order valence-corrected chi connectivity index (χ3v) is 3.14. The van der Waals surface area contributed by atoms with Crippen molar-refractivity contribution in [2.75, 3.05) is 5.73 Å². The number of hydrogen-bond donors (Lipinski definition) is 1. The van der Waals surface area contributed by atoms with E-state index in [1.807, 2.05) is 43.3 Å². The first-order valence-electron chi connectivity index (χ1n) is 6.11. The molecule has 0 aliphatic carbocycles. The molecule has 0 radical (unpaired) electrons. The average Bonchev–Trinajstić information content (AvgIpc) is 2.41. The summed E-state index contributed by atoms with van der Waals surface area (Å²) in [4.78, 5) is 12.3. The SMILES string of the molecule is CCc1cccc(C(=O)c2ccc(C)c(N)c2)c1. The maximum atomic E-state index is 12.3. The van der Waals surface area contributed by atoms with Gasteiger partial charge in [-0.1, -0.05) is 37.3 Å². The minimum Gasteiger partial charge on any atom is -0.398 e. The van der Waals surface area contributed by atoms with Crippen LogP contribution < -0.4 is 5.73 Å². The van der Waals surface area contributed by atoms with Crippen molar-refractivity contribution in [1.29, 1.82) is 0 Å². The van der Waals surface area contributed by atoms with Gasteiger partial charge in [0.2, 0.25) is 0 Å². The molecule has 92 valence electrons. The monoisotopic (exact) mass is 239 g/mol. The van der Waals surface area contributed by atoms with Gasteiger partial charge in [0, 0.05) is 16.8 Å². The van der Waals surface area contributed by atoms with E-state index in [0.29, 0.717) is 11.3 Å². The first kappa shape index (κ1) is 12.4. The normalized spacial score (nSPS) is 10.3. The summed E-state index contributed by atoms with van der Waals surface area (Å²) in [5.74, 6) is 0.0250. The number of anilines is 1. The molecule has 2 aromatic rings. The van der Waals surface area contributed by atoms with Gasteiger partial charge in [-0.05, 0) is 36.6 Å². The highest BCUT2D eigenvalue weighted by Gasteiger charge is 2.10. The van der Waals surface area contributed by atoms with Gasteiger partial charge >= 0.3 is 0 Å².